The van der Waals surface area contributed by atoms with Crippen molar-refractivity contribution in [1.82, 2.24) is 0 Å². The van der Waals surface area contributed by atoms with Crippen LogP contribution >= 0.6 is 0 Å². The summed E-state index contributed by atoms with van der Waals surface area (Å²) < 4.78 is 0. The molecule has 0 spiro atoms. The highest BCUT2D eigenvalue weighted by Crippen LogP contribution is 2.66. The zero-order valence-corrected chi connectivity index (χ0v) is 6.80. The maximum atomic E-state index is 9.95. The fraction of sp³-hybridized carbons (Fsp3) is 0.636. The van der Waals surface area contributed by atoms with E-state index in [1.165, 1.54) is 0 Å². The summed E-state index contributed by atoms with van der Waals surface area (Å²) in [6.07, 6.45) is 9.12. The minimum Gasteiger partial charge on any atom is -0.392 e. The lowest BCUT2D eigenvalue weighted by Gasteiger charge is -2.54. The fourth-order valence-electron chi connectivity index (χ4n) is 3.82. The molecule has 0 unspecified atom stereocenters. The first-order valence-corrected chi connectivity index (χ1v) is 4.92. The van der Waals surface area contributed by atoms with Gasteiger partial charge in [-0.15, -0.1) is 0 Å². The molecule has 0 aromatic rings. The van der Waals surface area contributed by atoms with Gasteiger partial charge >= 0.3 is 0 Å². The van der Waals surface area contributed by atoms with Gasteiger partial charge in [-0.05, 0) is 29.6 Å². The molecule has 0 saturated heterocycles. The van der Waals surface area contributed by atoms with Gasteiger partial charge in [0.15, 0.2) is 0 Å². The molecule has 2 saturated carbocycles. The molecule has 62 valence electrons. The maximum absolute atomic E-state index is 9.95. The maximum Gasteiger partial charge on any atom is 0.0645 e. The Balaban J connectivity index is 1.79. The van der Waals surface area contributed by atoms with Crippen molar-refractivity contribution in [2.75, 3.05) is 0 Å². The topological polar surface area (TPSA) is 20.2 Å². The lowest BCUT2D eigenvalue weighted by Crippen LogP contribution is -2.51. The minimum atomic E-state index is -0.0174. The predicted molar refractivity (Wildman–Crippen MR) is 45.2 cm³/mol. The molecule has 4 aliphatic carbocycles. The zero-order valence-electron chi connectivity index (χ0n) is 6.80. The molecular weight excluding hydrogens is 148 g/mol. The Morgan fingerprint density at radius 2 is 1.17 bits per heavy atom. The van der Waals surface area contributed by atoms with E-state index in [2.05, 4.69) is 24.3 Å². The average molecular weight is 160 g/mol. The van der Waals surface area contributed by atoms with Crippen LogP contribution in [0.15, 0.2) is 24.3 Å². The van der Waals surface area contributed by atoms with E-state index in [0.29, 0.717) is 11.8 Å². The van der Waals surface area contributed by atoms with Crippen molar-refractivity contribution >= 4 is 0 Å². The van der Waals surface area contributed by atoms with Crippen LogP contribution in [0.2, 0.25) is 0 Å². The molecule has 0 heterocycles. The van der Waals surface area contributed by atoms with Crippen LogP contribution in [0.4, 0.5) is 0 Å². The van der Waals surface area contributed by atoms with Gasteiger partial charge < -0.3 is 5.11 Å². The summed E-state index contributed by atoms with van der Waals surface area (Å²) in [4.78, 5) is 0. The van der Waals surface area contributed by atoms with E-state index in [9.17, 15) is 5.11 Å². The second kappa shape index (κ2) is 1.56. The molecule has 2 fully saturated rings. The molecule has 4 rings (SSSR count). The lowest BCUT2D eigenvalue weighted by atomic mass is 9.50. The Morgan fingerprint density at radius 3 is 1.75 bits per heavy atom. The van der Waals surface area contributed by atoms with Crippen molar-refractivity contribution in [3.8, 4) is 0 Å². The highest BCUT2D eigenvalue weighted by molar-refractivity contribution is 5.33. The van der Waals surface area contributed by atoms with E-state index in [-0.39, 0.29) is 6.10 Å². The third kappa shape index (κ3) is 0.392. The van der Waals surface area contributed by atoms with Crippen molar-refractivity contribution in [2.24, 2.45) is 35.5 Å². The number of rotatable bonds is 0. The Labute approximate surface area is 71.8 Å². The van der Waals surface area contributed by atoms with Crippen LogP contribution in [0.5, 0.6) is 0 Å². The molecule has 4 aliphatic rings. The molecule has 1 nitrogen and oxygen atoms in total. The van der Waals surface area contributed by atoms with Crippen molar-refractivity contribution in [2.45, 2.75) is 6.10 Å². The summed E-state index contributed by atoms with van der Waals surface area (Å²) in [5.41, 5.74) is 0. The van der Waals surface area contributed by atoms with Gasteiger partial charge in [-0.3, -0.25) is 0 Å². The molecule has 1 heteroatoms. The van der Waals surface area contributed by atoms with Gasteiger partial charge in [-0.1, -0.05) is 24.3 Å². The fourth-order valence-corrected chi connectivity index (χ4v) is 3.82. The molecule has 12 heavy (non-hydrogen) atoms. The van der Waals surface area contributed by atoms with E-state index in [0.717, 1.165) is 23.7 Å². The van der Waals surface area contributed by atoms with Gasteiger partial charge in [0.2, 0.25) is 0 Å². The zero-order chi connectivity index (χ0) is 7.87. The third-order valence-electron chi connectivity index (χ3n) is 4.57. The van der Waals surface area contributed by atoms with Crippen LogP contribution in [0, 0.1) is 35.5 Å². The Hall–Kier alpha value is -0.560. The summed E-state index contributed by atoms with van der Waals surface area (Å²) in [5, 5.41) is 9.95. The summed E-state index contributed by atoms with van der Waals surface area (Å²) >= 11 is 0. The van der Waals surface area contributed by atoms with Gasteiger partial charge in [-0.2, -0.15) is 0 Å². The van der Waals surface area contributed by atoms with Gasteiger partial charge in [0, 0.05) is 5.92 Å². The molecule has 0 aromatic carbocycles. The summed E-state index contributed by atoms with van der Waals surface area (Å²) in [6.45, 7) is 0. The second-order valence-corrected chi connectivity index (χ2v) is 4.72. The van der Waals surface area contributed by atoms with Crippen molar-refractivity contribution in [3.05, 3.63) is 24.3 Å². The standard InChI is InChI=1S/C11H12O/c12-11-8-4-3-7(8)9-5-1-2-6(5)10(9)11/h1-12H/t5-,6+,7-,8+,9-,10-,11-/m0/s1. The van der Waals surface area contributed by atoms with Crippen molar-refractivity contribution < 1.29 is 5.11 Å². The number of aliphatic hydroxyl groups excluding tert-OH is 1. The minimum absolute atomic E-state index is 0.0174. The van der Waals surface area contributed by atoms with E-state index < -0.39 is 0 Å². The summed E-state index contributed by atoms with van der Waals surface area (Å²) in [6, 6.07) is 0. The molecule has 0 bridgehead atoms. The van der Waals surface area contributed by atoms with Crippen LogP contribution in [0.1, 0.15) is 0 Å². The molecule has 0 aromatic heterocycles. The number of hydrogen-bond acceptors (Lipinski definition) is 1. The van der Waals surface area contributed by atoms with E-state index in [1.54, 1.807) is 0 Å². The molecular formula is C11H12O. The van der Waals surface area contributed by atoms with Crippen molar-refractivity contribution in [1.29, 1.82) is 0 Å². The first-order valence-electron chi connectivity index (χ1n) is 4.92. The van der Waals surface area contributed by atoms with Gasteiger partial charge in [0.05, 0.1) is 6.10 Å². The first kappa shape index (κ1) is 5.98. The normalized spacial score (nSPS) is 68.6. The number of allylic oxidation sites excluding steroid dienone is 3. The van der Waals surface area contributed by atoms with Gasteiger partial charge in [-0.25, -0.2) is 0 Å². The Morgan fingerprint density at radius 1 is 0.667 bits per heavy atom. The average Bonchev–Trinajstić information content (AvgIpc) is 2.06. The van der Waals surface area contributed by atoms with E-state index >= 15 is 0 Å². The monoisotopic (exact) mass is 160 g/mol. The largest absolute Gasteiger partial charge is 0.392 e. The van der Waals surface area contributed by atoms with Gasteiger partial charge in [0.25, 0.3) is 0 Å². The Kier molecular flexibility index (Phi) is 0.776. The van der Waals surface area contributed by atoms with Crippen molar-refractivity contribution in [3.63, 3.8) is 0 Å². The predicted octanol–water partition coefficient (Wildman–Crippen LogP) is 1.21. The van der Waals surface area contributed by atoms with Crippen LogP contribution < -0.4 is 0 Å². The molecule has 0 amide bonds. The quantitative estimate of drug-likeness (QED) is 0.528. The summed E-state index contributed by atoms with van der Waals surface area (Å²) in [7, 11) is 0. The molecule has 0 aliphatic heterocycles. The SMILES string of the molecule is O[C@H]1[C@@H]2C=C[C@@H]2[C@@H]2[C@H]3C=C[C@H]3[C@H]12. The number of fused-ring (bicyclic) bond motifs is 6. The highest BCUT2D eigenvalue weighted by atomic mass is 16.3. The molecule has 7 atom stereocenters. The second-order valence-electron chi connectivity index (χ2n) is 4.72. The van der Waals surface area contributed by atoms with Crippen LogP contribution in [-0.4, -0.2) is 11.2 Å². The van der Waals surface area contributed by atoms with Gasteiger partial charge in [0.1, 0.15) is 0 Å². The van der Waals surface area contributed by atoms with E-state index in [4.69, 9.17) is 0 Å². The lowest BCUT2D eigenvalue weighted by molar-refractivity contribution is -0.0305. The molecule has 0 radical (unpaired) electrons. The third-order valence-corrected chi connectivity index (χ3v) is 4.57. The van der Waals surface area contributed by atoms with E-state index in [1.807, 2.05) is 0 Å². The Bertz CT molecular complexity index is 304. The first-order chi connectivity index (χ1) is 5.88. The number of aliphatic hydroxyl groups is 1. The molecule has 1 N–H and O–H groups in total. The highest BCUT2D eigenvalue weighted by Gasteiger charge is 2.65. The van der Waals surface area contributed by atoms with Crippen LogP contribution in [-0.2, 0) is 0 Å². The van der Waals surface area contributed by atoms with Crippen LogP contribution in [0.3, 0.4) is 0 Å². The smallest absolute Gasteiger partial charge is 0.0645 e. The number of hydrogen-bond donors (Lipinski definition) is 1. The van der Waals surface area contributed by atoms with Crippen LogP contribution in [0.25, 0.3) is 0 Å². The summed E-state index contributed by atoms with van der Waals surface area (Å²) in [5.74, 6) is 4.26.